The summed E-state index contributed by atoms with van der Waals surface area (Å²) in [5.41, 5.74) is 2.76. The third kappa shape index (κ3) is 13.6. The van der Waals surface area contributed by atoms with Crippen LogP contribution in [-0.4, -0.2) is 23.9 Å². The Kier molecular flexibility index (Phi) is 12.9. The van der Waals surface area contributed by atoms with Crippen molar-refractivity contribution in [2.24, 2.45) is 27.9 Å². The summed E-state index contributed by atoms with van der Waals surface area (Å²) in [6.07, 6.45) is 1.08. The van der Waals surface area contributed by atoms with Crippen molar-refractivity contribution >= 4 is 5.78 Å². The molecule has 20 heavy (non-hydrogen) atoms. The van der Waals surface area contributed by atoms with Crippen molar-refractivity contribution in [1.29, 1.82) is 0 Å². The minimum absolute atomic E-state index is 0.152. The van der Waals surface area contributed by atoms with Crippen LogP contribution in [0.4, 0.5) is 0 Å². The lowest BCUT2D eigenvalue weighted by Crippen LogP contribution is -2.43. The maximum absolute atomic E-state index is 9.44. The summed E-state index contributed by atoms with van der Waals surface area (Å²) in [4.78, 5) is 9.44. The maximum Gasteiger partial charge on any atom is 0.126 e. The molecule has 0 aromatic carbocycles. The first-order chi connectivity index (χ1) is 9.11. The summed E-state index contributed by atoms with van der Waals surface area (Å²) in [6.45, 7) is 15.9. The molecule has 0 rings (SSSR count). The first kappa shape index (κ1) is 21.5. The van der Waals surface area contributed by atoms with E-state index in [1.165, 1.54) is 13.8 Å². The number of hydrogen-bond acceptors (Lipinski definition) is 5. The minimum atomic E-state index is 0.152. The van der Waals surface area contributed by atoms with Crippen molar-refractivity contribution in [3.63, 3.8) is 0 Å². The summed E-state index contributed by atoms with van der Waals surface area (Å²) < 4.78 is 0. The fraction of sp³-hybridized carbons (Fsp3) is 0.933. The SMILES string of the molecule is CC(C)=O.CC(C)CC(C)N=NC(C(C)C)C(C)NN. The molecular formula is C15H34N4O. The molecule has 3 N–H and O–H groups in total. The number of hydrogen-bond donors (Lipinski definition) is 2. The largest absolute Gasteiger partial charge is 0.300 e. The average molecular weight is 286 g/mol. The second-order valence-corrected chi connectivity index (χ2v) is 6.31. The number of hydrazine groups is 1. The molecule has 0 bridgehead atoms. The molecule has 0 aromatic heterocycles. The van der Waals surface area contributed by atoms with Crippen LogP contribution < -0.4 is 11.3 Å². The number of nitrogens with one attached hydrogen (secondary N) is 1. The predicted octanol–water partition coefficient (Wildman–Crippen LogP) is 3.34. The number of carbonyl (C=O) groups excluding carboxylic acids is 1. The van der Waals surface area contributed by atoms with Gasteiger partial charge in [0.05, 0.1) is 12.1 Å². The number of nitrogens with zero attached hydrogens (tertiary/aromatic N) is 2. The molecule has 0 amide bonds. The van der Waals surface area contributed by atoms with Crippen molar-refractivity contribution in [1.82, 2.24) is 5.43 Å². The number of Topliss-reactive ketones (excluding diaryl/α,β-unsaturated/α-hetero) is 1. The van der Waals surface area contributed by atoms with Crippen molar-refractivity contribution in [3.8, 4) is 0 Å². The number of rotatable bonds is 7. The summed E-state index contributed by atoms with van der Waals surface area (Å²) in [5.74, 6) is 6.72. The zero-order valence-corrected chi connectivity index (χ0v) is 14.5. The van der Waals surface area contributed by atoms with E-state index in [2.05, 4.69) is 50.3 Å². The molecular weight excluding hydrogens is 252 g/mol. The zero-order chi connectivity index (χ0) is 16.3. The number of nitrogens with two attached hydrogens (primary N) is 1. The fourth-order valence-electron chi connectivity index (χ4n) is 1.83. The van der Waals surface area contributed by atoms with E-state index in [0.29, 0.717) is 17.9 Å². The van der Waals surface area contributed by atoms with Gasteiger partial charge in [-0.25, -0.2) is 0 Å². The molecule has 3 atom stereocenters. The summed E-state index contributed by atoms with van der Waals surface area (Å²) in [6, 6.07) is 0.612. The summed E-state index contributed by atoms with van der Waals surface area (Å²) in [7, 11) is 0. The van der Waals surface area contributed by atoms with E-state index < -0.39 is 0 Å². The van der Waals surface area contributed by atoms with Crippen molar-refractivity contribution in [2.45, 2.75) is 79.9 Å². The Morgan fingerprint density at radius 1 is 1.05 bits per heavy atom. The van der Waals surface area contributed by atoms with Crippen molar-refractivity contribution < 1.29 is 4.79 Å². The lowest BCUT2D eigenvalue weighted by molar-refractivity contribution is -0.114. The predicted molar refractivity (Wildman–Crippen MR) is 85.5 cm³/mol. The van der Waals surface area contributed by atoms with E-state index in [4.69, 9.17) is 5.84 Å². The van der Waals surface area contributed by atoms with Crippen molar-refractivity contribution in [3.05, 3.63) is 0 Å². The quantitative estimate of drug-likeness (QED) is 0.428. The van der Waals surface area contributed by atoms with Crippen LogP contribution >= 0.6 is 0 Å². The van der Waals surface area contributed by atoms with E-state index in [9.17, 15) is 4.79 Å². The van der Waals surface area contributed by atoms with Crippen LogP contribution in [0.5, 0.6) is 0 Å². The van der Waals surface area contributed by atoms with Gasteiger partial charge in [-0.15, -0.1) is 0 Å². The van der Waals surface area contributed by atoms with Crippen molar-refractivity contribution in [2.75, 3.05) is 0 Å². The normalized spacial score (nSPS) is 15.9. The summed E-state index contributed by atoms with van der Waals surface area (Å²) >= 11 is 0. The third-order valence-electron chi connectivity index (χ3n) is 2.67. The number of ketones is 1. The lowest BCUT2D eigenvalue weighted by Gasteiger charge is -2.22. The molecule has 0 aliphatic rings. The molecule has 0 aliphatic carbocycles. The molecule has 0 saturated carbocycles. The monoisotopic (exact) mass is 286 g/mol. The maximum atomic E-state index is 9.44. The zero-order valence-electron chi connectivity index (χ0n) is 14.5. The highest BCUT2D eigenvalue weighted by atomic mass is 16.1. The van der Waals surface area contributed by atoms with Gasteiger partial charge in [0.15, 0.2) is 0 Å². The van der Waals surface area contributed by atoms with Gasteiger partial charge >= 0.3 is 0 Å². The second kappa shape index (κ2) is 12.0. The highest BCUT2D eigenvalue weighted by Gasteiger charge is 2.19. The molecule has 0 spiro atoms. The smallest absolute Gasteiger partial charge is 0.126 e. The van der Waals surface area contributed by atoms with E-state index in [0.717, 1.165) is 6.42 Å². The molecule has 0 radical (unpaired) electrons. The van der Waals surface area contributed by atoms with Gasteiger partial charge < -0.3 is 4.79 Å². The van der Waals surface area contributed by atoms with Gasteiger partial charge in [0.2, 0.25) is 0 Å². The Bertz CT molecular complexity index is 273. The van der Waals surface area contributed by atoms with Gasteiger partial charge in [-0.05, 0) is 46.0 Å². The van der Waals surface area contributed by atoms with Gasteiger partial charge in [-0.3, -0.25) is 11.3 Å². The van der Waals surface area contributed by atoms with Crippen LogP contribution in [0.2, 0.25) is 0 Å². The fourth-order valence-corrected chi connectivity index (χ4v) is 1.83. The number of azo groups is 1. The Labute approximate surface area is 124 Å². The van der Waals surface area contributed by atoms with Crippen LogP contribution in [0.1, 0.15) is 61.8 Å². The van der Waals surface area contributed by atoms with E-state index in [1.807, 2.05) is 6.92 Å². The highest BCUT2D eigenvalue weighted by Crippen LogP contribution is 2.14. The van der Waals surface area contributed by atoms with E-state index in [1.54, 1.807) is 0 Å². The standard InChI is InChI=1S/C12H28N4.C3H6O/c1-8(2)7-10(5)15-16-12(9(3)4)11(6)14-13;1-3(2)4/h8-12,14H,7,13H2,1-6H3;1-2H3. The van der Waals surface area contributed by atoms with Crippen LogP contribution in [0.3, 0.4) is 0 Å². The molecule has 5 heteroatoms. The molecule has 0 aromatic rings. The Morgan fingerprint density at radius 2 is 1.50 bits per heavy atom. The Balaban J connectivity index is 0. The lowest BCUT2D eigenvalue weighted by atomic mass is 9.99. The summed E-state index contributed by atoms with van der Waals surface area (Å²) in [5, 5.41) is 8.81. The molecule has 0 heterocycles. The molecule has 0 saturated heterocycles. The van der Waals surface area contributed by atoms with Gasteiger partial charge in [-0.2, -0.15) is 10.2 Å². The van der Waals surface area contributed by atoms with Gasteiger partial charge in [-0.1, -0.05) is 27.7 Å². The number of carbonyl (C=O) groups is 1. The van der Waals surface area contributed by atoms with Crippen LogP contribution in [0.15, 0.2) is 10.2 Å². The first-order valence-electron chi connectivity index (χ1n) is 7.45. The topological polar surface area (TPSA) is 79.8 Å². The molecule has 0 fully saturated rings. The second-order valence-electron chi connectivity index (χ2n) is 6.31. The average Bonchev–Trinajstić information content (AvgIpc) is 2.26. The molecule has 0 aliphatic heterocycles. The molecule has 120 valence electrons. The van der Waals surface area contributed by atoms with E-state index >= 15 is 0 Å². The highest BCUT2D eigenvalue weighted by molar-refractivity contribution is 5.72. The Hall–Kier alpha value is -0.810. The van der Waals surface area contributed by atoms with Crippen LogP contribution in [0.25, 0.3) is 0 Å². The van der Waals surface area contributed by atoms with Gasteiger partial charge in [0.25, 0.3) is 0 Å². The minimum Gasteiger partial charge on any atom is -0.300 e. The van der Waals surface area contributed by atoms with E-state index in [-0.39, 0.29) is 17.9 Å². The Morgan fingerprint density at radius 3 is 1.80 bits per heavy atom. The molecule has 5 nitrogen and oxygen atoms in total. The van der Waals surface area contributed by atoms with Gasteiger partial charge in [0, 0.05) is 6.04 Å². The first-order valence-corrected chi connectivity index (χ1v) is 7.45. The van der Waals surface area contributed by atoms with Gasteiger partial charge in [0.1, 0.15) is 5.78 Å². The molecule has 3 unspecified atom stereocenters. The van der Waals surface area contributed by atoms with Crippen LogP contribution in [0, 0.1) is 11.8 Å². The third-order valence-corrected chi connectivity index (χ3v) is 2.67. The van der Waals surface area contributed by atoms with Crippen LogP contribution in [-0.2, 0) is 4.79 Å².